The van der Waals surface area contributed by atoms with Gasteiger partial charge in [-0.05, 0) is 42.0 Å². The van der Waals surface area contributed by atoms with Gasteiger partial charge in [0.1, 0.15) is 12.2 Å². The van der Waals surface area contributed by atoms with E-state index in [1.54, 1.807) is 41.2 Å². The molecule has 0 aliphatic carbocycles. The molecule has 0 fully saturated rings. The Kier molecular flexibility index (Phi) is 4.73. The molecule has 0 N–H and O–H groups in total. The maximum absolute atomic E-state index is 13.6. The van der Waals surface area contributed by atoms with Crippen molar-refractivity contribution in [3.8, 4) is 22.8 Å². The average molecular weight is 425 g/mol. The molecule has 0 radical (unpaired) electrons. The molecule has 2 heterocycles. The topological polar surface area (TPSA) is 52.7 Å². The number of imidazole rings is 1. The summed E-state index contributed by atoms with van der Waals surface area (Å²) in [6, 6.07) is 24.6. The summed E-state index contributed by atoms with van der Waals surface area (Å²) in [6.45, 7) is 3.81. The van der Waals surface area contributed by atoms with Gasteiger partial charge < -0.3 is 0 Å². The fraction of sp³-hybridized carbons (Fsp3) is 0. The lowest BCUT2D eigenvalue weighted by molar-refractivity contribution is 0.962. The summed E-state index contributed by atoms with van der Waals surface area (Å²) in [6.07, 6.45) is 3.41. The summed E-state index contributed by atoms with van der Waals surface area (Å²) >= 11 is 6.07. The van der Waals surface area contributed by atoms with Crippen LogP contribution in [0.2, 0.25) is 5.02 Å². The molecule has 150 valence electrons. The fourth-order valence-electron chi connectivity index (χ4n) is 3.52. The number of para-hydroxylation sites is 1. The van der Waals surface area contributed by atoms with E-state index < -0.39 is 0 Å². The molecular weight excluding hydrogens is 408 g/mol. The van der Waals surface area contributed by atoms with E-state index in [-0.39, 0.29) is 5.56 Å². The maximum Gasteiger partial charge on any atom is 0.286 e. The first-order valence-electron chi connectivity index (χ1n) is 9.70. The van der Waals surface area contributed by atoms with Crippen molar-refractivity contribution in [3.63, 3.8) is 0 Å². The van der Waals surface area contributed by atoms with Crippen LogP contribution in [0.1, 0.15) is 5.56 Å². The summed E-state index contributed by atoms with van der Waals surface area (Å²) < 4.78 is 3.40. The van der Waals surface area contributed by atoms with Crippen LogP contribution in [-0.2, 0) is 0 Å². The molecule has 0 bridgehead atoms. The Morgan fingerprint density at radius 2 is 1.58 bits per heavy atom. The zero-order chi connectivity index (χ0) is 21.4. The van der Waals surface area contributed by atoms with Crippen LogP contribution < -0.4 is 5.56 Å². The van der Waals surface area contributed by atoms with Crippen LogP contribution in [0.25, 0.3) is 40.0 Å². The number of halogens is 1. The summed E-state index contributed by atoms with van der Waals surface area (Å²) in [7, 11) is 0. The molecule has 0 unspecified atom stereocenters. The van der Waals surface area contributed by atoms with Crippen LogP contribution in [0.4, 0.5) is 0 Å². The number of rotatable bonds is 4. The van der Waals surface area contributed by atoms with Gasteiger partial charge in [0.05, 0.1) is 5.69 Å². The number of hydrogen-bond donors (Lipinski definition) is 0. The molecule has 0 atom stereocenters. The highest BCUT2D eigenvalue weighted by Gasteiger charge is 2.18. The minimum Gasteiger partial charge on any atom is -0.283 e. The lowest BCUT2D eigenvalue weighted by Crippen LogP contribution is -2.22. The van der Waals surface area contributed by atoms with Gasteiger partial charge in [0.25, 0.3) is 5.56 Å². The molecule has 2 aromatic heterocycles. The van der Waals surface area contributed by atoms with Crippen molar-refractivity contribution in [2.24, 2.45) is 0 Å². The summed E-state index contributed by atoms with van der Waals surface area (Å²) in [5.41, 5.74) is 3.90. The number of benzene rings is 3. The Bertz CT molecular complexity index is 1450. The predicted molar refractivity (Wildman–Crippen MR) is 125 cm³/mol. The van der Waals surface area contributed by atoms with Crippen LogP contribution in [0.5, 0.6) is 0 Å². The summed E-state index contributed by atoms with van der Waals surface area (Å²) in [5.74, 6) is 0.521. The molecule has 0 amide bonds. The molecule has 0 spiro atoms. The van der Waals surface area contributed by atoms with Crippen LogP contribution in [0.15, 0.2) is 96.6 Å². The minimum atomic E-state index is -0.246. The molecule has 5 aromatic rings. The zero-order valence-electron chi connectivity index (χ0n) is 16.4. The van der Waals surface area contributed by atoms with E-state index in [0.29, 0.717) is 27.7 Å². The van der Waals surface area contributed by atoms with E-state index in [2.05, 4.69) is 11.6 Å². The van der Waals surface area contributed by atoms with Crippen molar-refractivity contribution in [3.05, 3.63) is 113 Å². The maximum atomic E-state index is 13.6. The van der Waals surface area contributed by atoms with Crippen molar-refractivity contribution < 1.29 is 0 Å². The van der Waals surface area contributed by atoms with Crippen molar-refractivity contribution >= 4 is 28.8 Å². The second-order valence-corrected chi connectivity index (χ2v) is 7.44. The Hall–Kier alpha value is -3.96. The molecule has 0 aliphatic heterocycles. The van der Waals surface area contributed by atoms with Gasteiger partial charge in [-0.15, -0.1) is 0 Å². The average Bonchev–Trinajstić information content (AvgIpc) is 3.25. The lowest BCUT2D eigenvalue weighted by Gasteiger charge is -2.14. The van der Waals surface area contributed by atoms with Crippen molar-refractivity contribution in [1.82, 2.24) is 19.1 Å². The monoisotopic (exact) mass is 424 g/mol. The smallest absolute Gasteiger partial charge is 0.283 e. The third kappa shape index (κ3) is 3.35. The van der Waals surface area contributed by atoms with Gasteiger partial charge in [0.2, 0.25) is 0 Å². The highest BCUT2D eigenvalue weighted by molar-refractivity contribution is 6.30. The lowest BCUT2D eigenvalue weighted by atomic mass is 10.1. The SMILES string of the molecule is C=Cc1ccc(-c2nc3c(ncn3-c3ccccc3)c(=O)n2-c2ccc(Cl)cc2)cc1. The summed E-state index contributed by atoms with van der Waals surface area (Å²) in [4.78, 5) is 22.9. The van der Waals surface area contributed by atoms with E-state index in [4.69, 9.17) is 16.6 Å². The van der Waals surface area contributed by atoms with Crippen molar-refractivity contribution in [1.29, 1.82) is 0 Å². The molecular formula is C25H17ClN4O. The Morgan fingerprint density at radius 3 is 2.26 bits per heavy atom. The Morgan fingerprint density at radius 1 is 0.871 bits per heavy atom. The zero-order valence-corrected chi connectivity index (χ0v) is 17.2. The normalized spacial score (nSPS) is 11.0. The molecule has 5 nitrogen and oxygen atoms in total. The van der Waals surface area contributed by atoms with Gasteiger partial charge in [-0.3, -0.25) is 13.9 Å². The second-order valence-electron chi connectivity index (χ2n) is 7.00. The van der Waals surface area contributed by atoms with Crippen LogP contribution in [0.3, 0.4) is 0 Å². The van der Waals surface area contributed by atoms with E-state index in [1.807, 2.05) is 59.2 Å². The number of nitrogens with zero attached hydrogens (tertiary/aromatic N) is 4. The van der Waals surface area contributed by atoms with Crippen LogP contribution in [0, 0.1) is 0 Å². The van der Waals surface area contributed by atoms with Gasteiger partial charge >= 0.3 is 0 Å². The van der Waals surface area contributed by atoms with Crippen LogP contribution in [-0.4, -0.2) is 19.1 Å². The summed E-state index contributed by atoms with van der Waals surface area (Å²) in [5, 5.41) is 0.594. The Balaban J connectivity index is 1.83. The fourth-order valence-corrected chi connectivity index (χ4v) is 3.65. The van der Waals surface area contributed by atoms with E-state index in [9.17, 15) is 4.79 Å². The number of aromatic nitrogens is 4. The molecule has 6 heteroatoms. The highest BCUT2D eigenvalue weighted by atomic mass is 35.5. The number of hydrogen-bond acceptors (Lipinski definition) is 3. The molecule has 5 rings (SSSR count). The first-order chi connectivity index (χ1) is 15.2. The molecule has 31 heavy (non-hydrogen) atoms. The van der Waals surface area contributed by atoms with Gasteiger partial charge in [0, 0.05) is 16.3 Å². The largest absolute Gasteiger partial charge is 0.286 e. The van der Waals surface area contributed by atoms with Crippen molar-refractivity contribution in [2.75, 3.05) is 0 Å². The first-order valence-corrected chi connectivity index (χ1v) is 10.1. The molecule has 0 aliphatic rings. The van der Waals surface area contributed by atoms with Crippen LogP contribution >= 0.6 is 11.6 Å². The van der Waals surface area contributed by atoms with Crippen molar-refractivity contribution in [2.45, 2.75) is 0 Å². The van der Waals surface area contributed by atoms with E-state index >= 15 is 0 Å². The van der Waals surface area contributed by atoms with Gasteiger partial charge in [-0.2, -0.15) is 0 Å². The highest BCUT2D eigenvalue weighted by Crippen LogP contribution is 2.24. The van der Waals surface area contributed by atoms with Gasteiger partial charge in [-0.1, -0.05) is 66.7 Å². The molecule has 0 saturated carbocycles. The first kappa shape index (κ1) is 19.0. The third-order valence-electron chi connectivity index (χ3n) is 5.10. The minimum absolute atomic E-state index is 0.246. The molecule has 3 aromatic carbocycles. The van der Waals surface area contributed by atoms with E-state index in [0.717, 1.165) is 16.8 Å². The van der Waals surface area contributed by atoms with E-state index in [1.165, 1.54) is 0 Å². The third-order valence-corrected chi connectivity index (χ3v) is 5.35. The second kappa shape index (κ2) is 7.70. The van der Waals surface area contributed by atoms with Gasteiger partial charge in [0.15, 0.2) is 11.2 Å². The standard InChI is InChI=1S/C25H17ClN4O/c1-2-17-8-10-18(11-9-17)23-28-24-22(27-16-29(24)20-6-4-3-5-7-20)25(31)30(23)21-14-12-19(26)13-15-21/h2-16H,1H2. The van der Waals surface area contributed by atoms with Gasteiger partial charge in [-0.25, -0.2) is 9.97 Å². The molecule has 0 saturated heterocycles. The predicted octanol–water partition coefficient (Wildman–Crippen LogP) is 5.53. The Labute approximate surface area is 183 Å². The quantitative estimate of drug-likeness (QED) is 0.381. The number of fused-ring (bicyclic) bond motifs is 1.